The Morgan fingerprint density at radius 1 is 1.07 bits per heavy atom. The molecule has 1 N–H and O–H groups in total. The van der Waals surface area contributed by atoms with E-state index in [1.54, 1.807) is 24.3 Å². The number of amides is 1. The Bertz CT molecular complexity index is 783. The molecule has 0 unspecified atom stereocenters. The number of nitrogens with one attached hydrogen (secondary N) is 1. The van der Waals surface area contributed by atoms with Crippen molar-refractivity contribution in [1.29, 1.82) is 0 Å². The third-order valence-corrected chi connectivity index (χ3v) is 3.98. The molecule has 0 fully saturated rings. The lowest BCUT2D eigenvalue weighted by Crippen LogP contribution is -2.21. The van der Waals surface area contributed by atoms with Crippen molar-refractivity contribution in [3.8, 4) is 11.5 Å². The molecule has 0 saturated carbocycles. The lowest BCUT2D eigenvalue weighted by molar-refractivity contribution is -0.137. The second-order valence-electron chi connectivity index (χ2n) is 5.32. The molecule has 1 amide bonds. The number of hydrogen-bond acceptors (Lipinski definition) is 4. The van der Waals surface area contributed by atoms with Gasteiger partial charge in [-0.15, -0.1) is 0 Å². The van der Waals surface area contributed by atoms with E-state index in [4.69, 9.17) is 14.2 Å². The minimum absolute atomic E-state index is 0.0957. The van der Waals surface area contributed by atoms with Crippen molar-refractivity contribution in [3.05, 3.63) is 52.5 Å². The highest BCUT2D eigenvalue weighted by Crippen LogP contribution is 2.35. The Labute approximate surface area is 162 Å². The lowest BCUT2D eigenvalue weighted by Gasteiger charge is -2.15. The molecule has 5 nitrogen and oxygen atoms in total. The first-order valence-corrected chi connectivity index (χ1v) is 8.60. The van der Waals surface area contributed by atoms with Gasteiger partial charge >= 0.3 is 6.18 Å². The molecule has 0 spiro atoms. The molecule has 0 aliphatic carbocycles. The summed E-state index contributed by atoms with van der Waals surface area (Å²) in [5.41, 5.74) is -0.995. The standard InChI is InChI=1S/C18H17BrF3NO4/c1-25-8-9-26-16-7-6-12(18(20,21)22)10-14(16)23-17(24)11-27-15-5-3-2-4-13(15)19/h2-7,10H,8-9,11H2,1H3,(H,23,24). The molecule has 2 rings (SSSR count). The summed E-state index contributed by atoms with van der Waals surface area (Å²) in [6.07, 6.45) is -4.55. The summed E-state index contributed by atoms with van der Waals surface area (Å²) in [7, 11) is 1.47. The molecule has 146 valence electrons. The van der Waals surface area contributed by atoms with Gasteiger partial charge in [0.2, 0.25) is 0 Å². The predicted molar refractivity (Wildman–Crippen MR) is 97.1 cm³/mol. The SMILES string of the molecule is COCCOc1ccc(C(F)(F)F)cc1NC(=O)COc1ccccc1Br. The van der Waals surface area contributed by atoms with Crippen molar-refractivity contribution >= 4 is 27.5 Å². The molecule has 9 heteroatoms. The third-order valence-electron chi connectivity index (χ3n) is 3.32. The van der Waals surface area contributed by atoms with Crippen LogP contribution in [0.1, 0.15) is 5.56 Å². The van der Waals surface area contributed by atoms with Crippen molar-refractivity contribution in [2.45, 2.75) is 6.18 Å². The zero-order valence-corrected chi connectivity index (χ0v) is 15.9. The first-order valence-electron chi connectivity index (χ1n) is 7.81. The van der Waals surface area contributed by atoms with Gasteiger partial charge in [0.1, 0.15) is 18.1 Å². The number of anilines is 1. The van der Waals surface area contributed by atoms with Gasteiger partial charge in [-0.2, -0.15) is 13.2 Å². The Morgan fingerprint density at radius 3 is 2.48 bits per heavy atom. The van der Waals surface area contributed by atoms with Crippen LogP contribution in [0.15, 0.2) is 46.9 Å². The average molecular weight is 448 g/mol. The summed E-state index contributed by atoms with van der Waals surface area (Å²) in [6.45, 7) is -0.00583. The van der Waals surface area contributed by atoms with Crippen molar-refractivity contribution in [2.24, 2.45) is 0 Å². The van der Waals surface area contributed by atoms with E-state index < -0.39 is 17.6 Å². The van der Waals surface area contributed by atoms with Gasteiger partial charge in [0.25, 0.3) is 5.91 Å². The van der Waals surface area contributed by atoms with Gasteiger partial charge in [-0.05, 0) is 46.3 Å². The average Bonchev–Trinajstić information content (AvgIpc) is 2.61. The van der Waals surface area contributed by atoms with Crippen LogP contribution in [0.2, 0.25) is 0 Å². The number of ether oxygens (including phenoxy) is 3. The van der Waals surface area contributed by atoms with E-state index in [-0.39, 0.29) is 31.3 Å². The van der Waals surface area contributed by atoms with Crippen LogP contribution in [0.5, 0.6) is 11.5 Å². The molecule has 0 radical (unpaired) electrons. The molecule has 2 aromatic rings. The highest BCUT2D eigenvalue weighted by molar-refractivity contribution is 9.10. The minimum Gasteiger partial charge on any atom is -0.489 e. The Kier molecular flexibility index (Phi) is 7.49. The van der Waals surface area contributed by atoms with Crippen LogP contribution in [0.25, 0.3) is 0 Å². The second-order valence-corrected chi connectivity index (χ2v) is 6.17. The number of hydrogen-bond donors (Lipinski definition) is 1. The fraction of sp³-hybridized carbons (Fsp3) is 0.278. The van der Waals surface area contributed by atoms with Crippen LogP contribution in [0.4, 0.5) is 18.9 Å². The maximum absolute atomic E-state index is 13.0. The molecule has 0 aromatic heterocycles. The molecule has 27 heavy (non-hydrogen) atoms. The minimum atomic E-state index is -4.55. The Morgan fingerprint density at radius 2 is 1.81 bits per heavy atom. The smallest absolute Gasteiger partial charge is 0.416 e. The van der Waals surface area contributed by atoms with Gasteiger partial charge in [0.05, 0.1) is 22.3 Å². The van der Waals surface area contributed by atoms with Crippen molar-refractivity contribution in [1.82, 2.24) is 0 Å². The largest absolute Gasteiger partial charge is 0.489 e. The molecule has 0 heterocycles. The zero-order valence-electron chi connectivity index (χ0n) is 14.3. The fourth-order valence-corrected chi connectivity index (χ4v) is 2.46. The van der Waals surface area contributed by atoms with Gasteiger partial charge in [-0.3, -0.25) is 4.79 Å². The molecular weight excluding hydrogens is 431 g/mol. The summed E-state index contributed by atoms with van der Waals surface area (Å²) < 4.78 is 55.1. The number of halogens is 4. The molecule has 0 aliphatic rings. The van der Waals surface area contributed by atoms with E-state index in [1.807, 2.05) is 0 Å². The summed E-state index contributed by atoms with van der Waals surface area (Å²) in [6, 6.07) is 9.76. The normalized spacial score (nSPS) is 11.1. The number of rotatable bonds is 8. The highest BCUT2D eigenvalue weighted by Gasteiger charge is 2.31. The van der Waals surface area contributed by atoms with E-state index in [9.17, 15) is 18.0 Å². The molecular formula is C18H17BrF3NO4. The highest BCUT2D eigenvalue weighted by atomic mass is 79.9. The van der Waals surface area contributed by atoms with E-state index in [2.05, 4.69) is 21.2 Å². The first kappa shape index (κ1) is 21.0. The Balaban J connectivity index is 2.11. The maximum Gasteiger partial charge on any atom is 0.416 e. The van der Waals surface area contributed by atoms with Crippen LogP contribution >= 0.6 is 15.9 Å². The number of carbonyl (C=O) groups is 1. The van der Waals surface area contributed by atoms with Crippen LogP contribution in [0, 0.1) is 0 Å². The zero-order chi connectivity index (χ0) is 19.9. The second kappa shape index (κ2) is 9.61. The van der Waals surface area contributed by atoms with Crippen LogP contribution < -0.4 is 14.8 Å². The van der Waals surface area contributed by atoms with Gasteiger partial charge in [0.15, 0.2) is 6.61 Å². The first-order chi connectivity index (χ1) is 12.8. The quantitative estimate of drug-likeness (QED) is 0.604. The topological polar surface area (TPSA) is 56.8 Å². The maximum atomic E-state index is 13.0. The number of methoxy groups -OCH3 is 1. The number of benzene rings is 2. The lowest BCUT2D eigenvalue weighted by atomic mass is 10.1. The van der Waals surface area contributed by atoms with Gasteiger partial charge in [-0.25, -0.2) is 0 Å². The molecule has 0 bridgehead atoms. The van der Waals surface area contributed by atoms with Gasteiger partial charge in [-0.1, -0.05) is 12.1 Å². The summed E-state index contributed by atoms with van der Waals surface area (Å²) >= 11 is 3.28. The molecule has 2 aromatic carbocycles. The molecule has 0 aliphatic heterocycles. The summed E-state index contributed by atoms with van der Waals surface area (Å²) in [4.78, 5) is 12.1. The number of para-hydroxylation sites is 1. The van der Waals surface area contributed by atoms with Crippen LogP contribution in [-0.4, -0.2) is 32.8 Å². The monoisotopic (exact) mass is 447 g/mol. The van der Waals surface area contributed by atoms with E-state index in [0.29, 0.717) is 10.2 Å². The fourth-order valence-electron chi connectivity index (χ4n) is 2.06. The Hall–Kier alpha value is -2.26. The van der Waals surface area contributed by atoms with E-state index in [1.165, 1.54) is 7.11 Å². The summed E-state index contributed by atoms with van der Waals surface area (Å²) in [5, 5.41) is 2.39. The van der Waals surface area contributed by atoms with Crippen molar-refractivity contribution in [3.63, 3.8) is 0 Å². The number of alkyl halides is 3. The van der Waals surface area contributed by atoms with Gasteiger partial charge < -0.3 is 19.5 Å². The number of carbonyl (C=O) groups excluding carboxylic acids is 1. The molecule has 0 saturated heterocycles. The van der Waals surface area contributed by atoms with Crippen LogP contribution in [0.3, 0.4) is 0 Å². The van der Waals surface area contributed by atoms with E-state index in [0.717, 1.165) is 18.2 Å². The van der Waals surface area contributed by atoms with Crippen molar-refractivity contribution < 1.29 is 32.2 Å². The summed E-state index contributed by atoms with van der Waals surface area (Å²) in [5.74, 6) is -0.0794. The van der Waals surface area contributed by atoms with Crippen LogP contribution in [-0.2, 0) is 15.7 Å². The van der Waals surface area contributed by atoms with Crippen molar-refractivity contribution in [2.75, 3.05) is 32.2 Å². The predicted octanol–water partition coefficient (Wildman–Crippen LogP) is 4.51. The van der Waals surface area contributed by atoms with E-state index >= 15 is 0 Å². The molecule has 0 atom stereocenters. The van der Waals surface area contributed by atoms with Gasteiger partial charge in [0, 0.05) is 7.11 Å². The third kappa shape index (κ3) is 6.44.